The third-order valence-corrected chi connectivity index (χ3v) is 4.66. The molecule has 2 unspecified atom stereocenters. The van der Waals surface area contributed by atoms with E-state index in [4.69, 9.17) is 5.11 Å². The number of hydrogen-bond acceptors (Lipinski definition) is 4. The average Bonchev–Trinajstić information content (AvgIpc) is 3.08. The second-order valence-electron chi connectivity index (χ2n) is 5.35. The predicted molar refractivity (Wildman–Crippen MR) is 75.1 cm³/mol. The zero-order chi connectivity index (χ0) is 13.6. The monoisotopic (exact) mass is 275 g/mol. The van der Waals surface area contributed by atoms with E-state index in [9.17, 15) is 9.90 Å². The number of nitrogens with one attached hydrogen (secondary N) is 1. The third-order valence-electron chi connectivity index (χ3n) is 3.33. The summed E-state index contributed by atoms with van der Waals surface area (Å²) in [6, 6.07) is 0.409. The summed E-state index contributed by atoms with van der Waals surface area (Å²) in [5.74, 6) is 0.207. The molecule has 0 radical (unpaired) electrons. The van der Waals surface area contributed by atoms with E-state index in [2.05, 4.69) is 12.2 Å². The molecule has 0 heterocycles. The van der Waals surface area contributed by atoms with Crippen LogP contribution in [-0.2, 0) is 4.79 Å². The molecule has 1 rings (SSSR count). The lowest BCUT2D eigenvalue weighted by molar-refractivity contribution is -0.144. The molecule has 3 N–H and O–H groups in total. The van der Waals surface area contributed by atoms with Crippen LogP contribution in [0.4, 0.5) is 0 Å². The number of thioether (sulfide) groups is 1. The Bertz CT molecular complexity index is 271. The molecule has 5 heteroatoms. The predicted octanol–water partition coefficient (Wildman–Crippen LogP) is 1.87. The molecule has 4 nitrogen and oxygen atoms in total. The Morgan fingerprint density at radius 3 is 2.72 bits per heavy atom. The minimum absolute atomic E-state index is 0.226. The topological polar surface area (TPSA) is 69.6 Å². The molecule has 0 amide bonds. The van der Waals surface area contributed by atoms with E-state index in [0.717, 1.165) is 31.4 Å². The Hall–Kier alpha value is -0.260. The van der Waals surface area contributed by atoms with Crippen molar-refractivity contribution in [2.75, 3.05) is 12.4 Å². The molecule has 0 spiro atoms. The first kappa shape index (κ1) is 15.8. The van der Waals surface area contributed by atoms with Crippen LogP contribution in [0.5, 0.6) is 0 Å². The van der Waals surface area contributed by atoms with Crippen molar-refractivity contribution >= 4 is 17.7 Å². The molecule has 0 aromatic rings. The Morgan fingerprint density at radius 1 is 1.56 bits per heavy atom. The fraction of sp³-hybridized carbons (Fsp3) is 0.923. The number of hydrogen-bond donors (Lipinski definition) is 3. The first-order valence-corrected chi connectivity index (χ1v) is 7.76. The molecule has 106 valence electrons. The van der Waals surface area contributed by atoms with Gasteiger partial charge in [0.15, 0.2) is 0 Å². The van der Waals surface area contributed by atoms with Gasteiger partial charge in [0.1, 0.15) is 5.54 Å². The lowest BCUT2D eigenvalue weighted by Crippen LogP contribution is -2.50. The molecular weight excluding hydrogens is 250 g/mol. The van der Waals surface area contributed by atoms with Crippen molar-refractivity contribution in [3.8, 4) is 0 Å². The van der Waals surface area contributed by atoms with Gasteiger partial charge in [-0.1, -0.05) is 6.92 Å². The van der Waals surface area contributed by atoms with Crippen molar-refractivity contribution in [2.24, 2.45) is 0 Å². The maximum absolute atomic E-state index is 11.3. The zero-order valence-corrected chi connectivity index (χ0v) is 12.1. The summed E-state index contributed by atoms with van der Waals surface area (Å²) in [7, 11) is 0. The van der Waals surface area contributed by atoms with Crippen molar-refractivity contribution in [3.63, 3.8) is 0 Å². The smallest absolute Gasteiger partial charge is 0.323 e. The van der Waals surface area contributed by atoms with Gasteiger partial charge in [-0.25, -0.2) is 0 Å². The van der Waals surface area contributed by atoms with Gasteiger partial charge in [-0.05, 0) is 44.8 Å². The van der Waals surface area contributed by atoms with E-state index in [0.29, 0.717) is 17.7 Å². The molecule has 0 aliphatic heterocycles. The van der Waals surface area contributed by atoms with Gasteiger partial charge in [-0.2, -0.15) is 11.8 Å². The van der Waals surface area contributed by atoms with Gasteiger partial charge in [0.2, 0.25) is 0 Å². The van der Waals surface area contributed by atoms with E-state index < -0.39 is 11.5 Å². The summed E-state index contributed by atoms with van der Waals surface area (Å²) in [5, 5.41) is 21.8. The lowest BCUT2D eigenvalue weighted by Gasteiger charge is -2.26. The number of aliphatic hydroxyl groups excluding tert-OH is 1. The second-order valence-corrected chi connectivity index (χ2v) is 6.90. The first-order chi connectivity index (χ1) is 8.48. The van der Waals surface area contributed by atoms with E-state index in [-0.39, 0.29) is 6.61 Å². The van der Waals surface area contributed by atoms with Gasteiger partial charge in [0.25, 0.3) is 0 Å². The molecule has 1 fully saturated rings. The normalized spacial score (nSPS) is 20.4. The Labute approximate surface area is 114 Å². The Kier molecular flexibility index (Phi) is 6.46. The largest absolute Gasteiger partial charge is 0.480 e. The number of aliphatic carboxylic acids is 1. The standard InChI is InChI=1S/C13H25NO3S/c1-10(6-8-15)18-9-3-7-13(2,12(16)17)14-11-4-5-11/h10-11,14-15H,3-9H2,1-2H3,(H,16,17). The zero-order valence-electron chi connectivity index (χ0n) is 11.3. The number of rotatable bonds is 10. The van der Waals surface area contributed by atoms with E-state index in [1.807, 2.05) is 11.8 Å². The fourth-order valence-electron chi connectivity index (χ4n) is 1.89. The molecule has 0 bridgehead atoms. The average molecular weight is 275 g/mol. The van der Waals surface area contributed by atoms with Gasteiger partial charge in [0.05, 0.1) is 0 Å². The first-order valence-electron chi connectivity index (χ1n) is 6.71. The SMILES string of the molecule is CC(CCO)SCCCC(C)(NC1CC1)C(=O)O. The molecular formula is C13H25NO3S. The highest BCUT2D eigenvalue weighted by molar-refractivity contribution is 7.99. The Morgan fingerprint density at radius 2 is 2.22 bits per heavy atom. The molecule has 1 aliphatic rings. The molecule has 0 aromatic heterocycles. The maximum Gasteiger partial charge on any atom is 0.323 e. The van der Waals surface area contributed by atoms with Crippen LogP contribution in [0.3, 0.4) is 0 Å². The van der Waals surface area contributed by atoms with E-state index in [1.54, 1.807) is 6.92 Å². The number of aliphatic hydroxyl groups is 1. The summed E-state index contributed by atoms with van der Waals surface area (Å²) in [6.07, 6.45) is 4.57. The van der Waals surface area contributed by atoms with Gasteiger partial charge in [-0.3, -0.25) is 10.1 Å². The summed E-state index contributed by atoms with van der Waals surface area (Å²) < 4.78 is 0. The van der Waals surface area contributed by atoms with Crippen LogP contribution in [0.2, 0.25) is 0 Å². The number of carboxylic acid groups (broad SMARTS) is 1. The van der Waals surface area contributed by atoms with Crippen LogP contribution in [0, 0.1) is 0 Å². The van der Waals surface area contributed by atoms with Crippen molar-refractivity contribution in [2.45, 2.75) is 62.8 Å². The fourth-order valence-corrected chi connectivity index (χ4v) is 2.88. The van der Waals surface area contributed by atoms with Gasteiger partial charge in [0, 0.05) is 17.9 Å². The van der Waals surface area contributed by atoms with Crippen LogP contribution in [0.1, 0.15) is 46.0 Å². The van der Waals surface area contributed by atoms with Crippen molar-refractivity contribution < 1.29 is 15.0 Å². The molecule has 18 heavy (non-hydrogen) atoms. The van der Waals surface area contributed by atoms with Gasteiger partial charge < -0.3 is 10.2 Å². The minimum Gasteiger partial charge on any atom is -0.480 e. The third kappa shape index (κ3) is 5.59. The quantitative estimate of drug-likeness (QED) is 0.531. The van der Waals surface area contributed by atoms with Crippen molar-refractivity contribution in [1.82, 2.24) is 5.32 Å². The molecule has 1 aliphatic carbocycles. The van der Waals surface area contributed by atoms with Gasteiger partial charge in [-0.15, -0.1) is 0 Å². The van der Waals surface area contributed by atoms with E-state index >= 15 is 0 Å². The van der Waals surface area contributed by atoms with Crippen LogP contribution >= 0.6 is 11.8 Å². The highest BCUT2D eigenvalue weighted by Gasteiger charge is 2.37. The Balaban J connectivity index is 2.22. The van der Waals surface area contributed by atoms with E-state index in [1.165, 1.54) is 0 Å². The molecule has 2 atom stereocenters. The number of carbonyl (C=O) groups is 1. The summed E-state index contributed by atoms with van der Waals surface area (Å²) in [4.78, 5) is 11.3. The van der Waals surface area contributed by atoms with Crippen molar-refractivity contribution in [1.29, 1.82) is 0 Å². The summed E-state index contributed by atoms with van der Waals surface area (Å²) >= 11 is 1.81. The summed E-state index contributed by atoms with van der Waals surface area (Å²) in [5.41, 5.74) is -0.776. The molecule has 0 saturated heterocycles. The molecule has 0 aromatic carbocycles. The lowest BCUT2D eigenvalue weighted by atomic mass is 9.96. The minimum atomic E-state index is -0.776. The highest BCUT2D eigenvalue weighted by Crippen LogP contribution is 2.26. The maximum atomic E-state index is 11.3. The summed E-state index contributed by atoms with van der Waals surface area (Å²) in [6.45, 7) is 4.11. The van der Waals surface area contributed by atoms with Crippen LogP contribution in [0.15, 0.2) is 0 Å². The van der Waals surface area contributed by atoms with Gasteiger partial charge >= 0.3 is 5.97 Å². The van der Waals surface area contributed by atoms with Crippen LogP contribution in [0.25, 0.3) is 0 Å². The van der Waals surface area contributed by atoms with Crippen LogP contribution < -0.4 is 5.32 Å². The highest BCUT2D eigenvalue weighted by atomic mass is 32.2. The van der Waals surface area contributed by atoms with Crippen LogP contribution in [-0.4, -0.2) is 45.4 Å². The molecule has 1 saturated carbocycles. The van der Waals surface area contributed by atoms with Crippen molar-refractivity contribution in [3.05, 3.63) is 0 Å². The second kappa shape index (κ2) is 7.36. The number of carboxylic acids is 1.